The summed E-state index contributed by atoms with van der Waals surface area (Å²) in [6.07, 6.45) is 25.7. The molecule has 5 heterocycles. The van der Waals surface area contributed by atoms with E-state index in [4.69, 9.17) is 0 Å². The molecule has 9 aliphatic rings. The second kappa shape index (κ2) is 12.7. The molecule has 4 saturated carbocycles. The van der Waals surface area contributed by atoms with Gasteiger partial charge in [-0.25, -0.2) is 0 Å². The number of hydrogen-bond acceptors (Lipinski definition) is 9. The van der Waals surface area contributed by atoms with Crippen LogP contribution in [0.4, 0.5) is 0 Å². The highest BCUT2D eigenvalue weighted by Gasteiger charge is 2.55. The Morgan fingerprint density at radius 3 is 1.09 bits per heavy atom. The van der Waals surface area contributed by atoms with Crippen LogP contribution in [0.2, 0.25) is 0 Å². The van der Waals surface area contributed by atoms with Gasteiger partial charge in [0.25, 0.3) is 0 Å². The molecule has 0 aromatic rings. The second-order valence-corrected chi connectivity index (χ2v) is 17.6. The smallest absolute Gasteiger partial charge is 0.0639 e. The first-order valence-electron chi connectivity index (χ1n) is 19.1. The Labute approximate surface area is 270 Å². The molecule has 8 N–H and O–H groups in total. The van der Waals surface area contributed by atoms with Crippen LogP contribution in [0.3, 0.4) is 0 Å². The first-order chi connectivity index (χ1) is 21.7. The standard InChI is InChI=1S/C35H60N8S/c1-2-18-44-26-17-9-16-25-27(26)35-42-33-24-15-8-7-14-23(24)31(40-33)38-29-20-11-4-3-10-19(20)28(36-29)37-30-21-12-5-6-13-22(21)32(39-30)41-34(25)43-35/h2,19-43H,1,3-18H2. The zero-order chi connectivity index (χ0) is 29.2. The van der Waals surface area contributed by atoms with E-state index in [1.165, 1.54) is 96.3 Å². The molecule has 0 radical (unpaired) electrons. The molecule has 5 aliphatic heterocycles. The molecule has 0 aromatic carbocycles. The van der Waals surface area contributed by atoms with Gasteiger partial charge in [0.05, 0.1) is 49.3 Å². The number of fused-ring (bicyclic) bond motifs is 20. The van der Waals surface area contributed by atoms with Crippen molar-refractivity contribution in [3.63, 3.8) is 0 Å². The fourth-order valence-electron chi connectivity index (χ4n) is 12.4. The minimum Gasteiger partial charge on any atom is -0.286 e. The lowest BCUT2D eigenvalue weighted by Crippen LogP contribution is -2.62. The minimum atomic E-state index is 0.348. The fraction of sp³-hybridized carbons (Fsp3) is 0.943. The zero-order valence-electron chi connectivity index (χ0n) is 26.8. The monoisotopic (exact) mass is 624 g/mol. The summed E-state index contributed by atoms with van der Waals surface area (Å²) in [5, 5.41) is 34.8. The highest BCUT2D eigenvalue weighted by Crippen LogP contribution is 2.47. The van der Waals surface area contributed by atoms with Crippen LogP contribution in [0.5, 0.6) is 0 Å². The maximum atomic E-state index is 4.33. The van der Waals surface area contributed by atoms with Gasteiger partial charge in [0.1, 0.15) is 0 Å². The molecule has 5 saturated heterocycles. The summed E-state index contributed by atoms with van der Waals surface area (Å²) in [4.78, 5) is 0. The largest absolute Gasteiger partial charge is 0.286 e. The summed E-state index contributed by atoms with van der Waals surface area (Å²) >= 11 is 2.17. The Bertz CT molecular complexity index is 1030. The molecule has 4 aliphatic carbocycles. The van der Waals surface area contributed by atoms with Crippen molar-refractivity contribution in [3.05, 3.63) is 12.7 Å². The van der Waals surface area contributed by atoms with E-state index in [1.807, 2.05) is 0 Å². The van der Waals surface area contributed by atoms with Gasteiger partial charge in [-0.1, -0.05) is 51.0 Å². The molecular weight excluding hydrogens is 565 g/mol. The van der Waals surface area contributed by atoms with Crippen LogP contribution in [0.15, 0.2) is 12.7 Å². The molecule has 9 heteroatoms. The summed E-state index contributed by atoms with van der Waals surface area (Å²) in [6, 6.07) is 0. The molecule has 17 unspecified atom stereocenters. The van der Waals surface area contributed by atoms with Gasteiger partial charge in [0.2, 0.25) is 0 Å². The van der Waals surface area contributed by atoms with Crippen molar-refractivity contribution in [1.82, 2.24) is 42.5 Å². The molecule has 246 valence electrons. The van der Waals surface area contributed by atoms with Gasteiger partial charge in [-0.15, -0.1) is 6.58 Å². The van der Waals surface area contributed by atoms with Crippen LogP contribution < -0.4 is 42.5 Å². The van der Waals surface area contributed by atoms with Gasteiger partial charge in [-0.05, 0) is 92.8 Å². The second-order valence-electron chi connectivity index (χ2n) is 16.3. The quantitative estimate of drug-likeness (QED) is 0.225. The molecule has 0 spiro atoms. The van der Waals surface area contributed by atoms with E-state index in [1.54, 1.807) is 0 Å². The average Bonchev–Trinajstić information content (AvgIpc) is 3.79. The molecule has 44 heavy (non-hydrogen) atoms. The van der Waals surface area contributed by atoms with E-state index in [2.05, 4.69) is 67.0 Å². The molecule has 17 atom stereocenters. The van der Waals surface area contributed by atoms with Crippen molar-refractivity contribution in [1.29, 1.82) is 0 Å². The topological polar surface area (TPSA) is 96.2 Å². The molecule has 8 nitrogen and oxygen atoms in total. The minimum absolute atomic E-state index is 0.348. The van der Waals surface area contributed by atoms with E-state index in [9.17, 15) is 0 Å². The lowest BCUT2D eigenvalue weighted by atomic mass is 9.76. The van der Waals surface area contributed by atoms with Gasteiger partial charge < -0.3 is 0 Å². The Hall–Kier alpha value is -0.230. The lowest BCUT2D eigenvalue weighted by Gasteiger charge is -2.39. The van der Waals surface area contributed by atoms with Crippen molar-refractivity contribution in [2.45, 2.75) is 151 Å². The highest BCUT2D eigenvalue weighted by molar-refractivity contribution is 8.00. The van der Waals surface area contributed by atoms with Crippen LogP contribution >= 0.6 is 11.8 Å². The molecule has 0 aromatic heterocycles. The first kappa shape index (κ1) is 29.9. The SMILES string of the molecule is C=CCSC1CCCC2C3NC4NC(NC5NC(NC6NC(NC(N3)C12)C1CCCCC61)C1CCCCC51)C1CCCCC41. The Morgan fingerprint density at radius 2 is 0.727 bits per heavy atom. The van der Waals surface area contributed by atoms with Crippen LogP contribution in [-0.2, 0) is 0 Å². The molecule has 8 bridgehead atoms. The summed E-state index contributed by atoms with van der Waals surface area (Å²) in [6.45, 7) is 4.09. The predicted octanol–water partition coefficient (Wildman–Crippen LogP) is 3.50. The molecule has 9 fully saturated rings. The van der Waals surface area contributed by atoms with Crippen LogP contribution in [-0.4, -0.2) is 60.3 Å². The summed E-state index contributed by atoms with van der Waals surface area (Å²) in [5.41, 5.74) is 0. The number of hydrogen-bond donors (Lipinski definition) is 8. The summed E-state index contributed by atoms with van der Waals surface area (Å²) in [5.74, 6) is 6.73. The third kappa shape index (κ3) is 5.27. The number of rotatable bonds is 3. The first-order valence-corrected chi connectivity index (χ1v) is 20.1. The van der Waals surface area contributed by atoms with Crippen molar-refractivity contribution in [2.24, 2.45) is 47.3 Å². The van der Waals surface area contributed by atoms with Crippen LogP contribution in [0.25, 0.3) is 0 Å². The van der Waals surface area contributed by atoms with Crippen molar-refractivity contribution >= 4 is 11.8 Å². The Balaban J connectivity index is 1.06. The number of thioether (sulfide) groups is 1. The molecule has 9 rings (SSSR count). The Morgan fingerprint density at radius 1 is 0.409 bits per heavy atom. The fourth-order valence-corrected chi connectivity index (χ4v) is 13.7. The van der Waals surface area contributed by atoms with Gasteiger partial charge in [0, 0.05) is 16.9 Å². The lowest BCUT2D eigenvalue weighted by molar-refractivity contribution is 0.169. The van der Waals surface area contributed by atoms with Gasteiger partial charge in [-0.3, -0.25) is 42.5 Å². The van der Waals surface area contributed by atoms with E-state index < -0.39 is 0 Å². The highest BCUT2D eigenvalue weighted by atomic mass is 32.2. The van der Waals surface area contributed by atoms with Crippen molar-refractivity contribution < 1.29 is 0 Å². The van der Waals surface area contributed by atoms with E-state index in [0.717, 1.165) is 35.3 Å². The zero-order valence-corrected chi connectivity index (χ0v) is 27.6. The predicted molar refractivity (Wildman–Crippen MR) is 179 cm³/mol. The van der Waals surface area contributed by atoms with Gasteiger partial charge >= 0.3 is 0 Å². The summed E-state index contributed by atoms with van der Waals surface area (Å²) < 4.78 is 0. The average molecular weight is 625 g/mol. The number of nitrogens with one attached hydrogen (secondary N) is 8. The maximum absolute atomic E-state index is 4.33. The molecular formula is C35H60N8S. The van der Waals surface area contributed by atoms with E-state index in [0.29, 0.717) is 72.3 Å². The normalized spacial score (nSPS) is 55.0. The van der Waals surface area contributed by atoms with Gasteiger partial charge in [-0.2, -0.15) is 11.8 Å². The maximum Gasteiger partial charge on any atom is 0.0639 e. The van der Waals surface area contributed by atoms with E-state index in [-0.39, 0.29) is 0 Å². The third-order valence-corrected chi connectivity index (χ3v) is 15.7. The van der Waals surface area contributed by atoms with Crippen molar-refractivity contribution in [3.8, 4) is 0 Å². The van der Waals surface area contributed by atoms with Crippen molar-refractivity contribution in [2.75, 3.05) is 5.75 Å². The summed E-state index contributed by atoms with van der Waals surface area (Å²) in [7, 11) is 0. The third-order valence-electron chi connectivity index (χ3n) is 14.3. The van der Waals surface area contributed by atoms with Crippen LogP contribution in [0, 0.1) is 47.3 Å². The van der Waals surface area contributed by atoms with Gasteiger partial charge in [0.15, 0.2) is 0 Å². The molecule has 0 amide bonds. The van der Waals surface area contributed by atoms with Crippen LogP contribution in [0.1, 0.15) is 96.3 Å². The van der Waals surface area contributed by atoms with E-state index >= 15 is 0 Å². The Kier molecular flexibility index (Phi) is 8.60.